The summed E-state index contributed by atoms with van der Waals surface area (Å²) in [5, 5.41) is 5.54. The smallest absolute Gasteiger partial charge is 0.338 e. The highest BCUT2D eigenvalue weighted by Crippen LogP contribution is 2.33. The van der Waals surface area contributed by atoms with Crippen molar-refractivity contribution in [3.05, 3.63) is 45.6 Å². The van der Waals surface area contributed by atoms with Crippen LogP contribution in [0.4, 0.5) is 4.79 Å². The summed E-state index contributed by atoms with van der Waals surface area (Å²) in [7, 11) is 0. The van der Waals surface area contributed by atoms with Crippen molar-refractivity contribution in [3.8, 4) is 0 Å². The Kier molecular flexibility index (Phi) is 5.70. The molecule has 4 atom stereocenters. The molecule has 26 heavy (non-hydrogen) atoms. The minimum atomic E-state index is -0.510. The van der Waals surface area contributed by atoms with Gasteiger partial charge in [0.25, 0.3) is 0 Å². The summed E-state index contributed by atoms with van der Waals surface area (Å²) >= 11 is 3.41. The van der Waals surface area contributed by atoms with E-state index in [0.29, 0.717) is 23.1 Å². The zero-order valence-electron chi connectivity index (χ0n) is 15.3. The molecule has 1 aromatic rings. The number of carbonyl (C=O) groups excluding carboxylic acids is 2. The number of halogens is 1. The van der Waals surface area contributed by atoms with Gasteiger partial charge >= 0.3 is 12.0 Å². The largest absolute Gasteiger partial charge is 0.459 e. The van der Waals surface area contributed by atoms with Crippen LogP contribution in [0.1, 0.15) is 51.6 Å². The lowest BCUT2D eigenvalue weighted by molar-refractivity contribution is -0.147. The summed E-state index contributed by atoms with van der Waals surface area (Å²) in [5.41, 5.74) is 1.86. The van der Waals surface area contributed by atoms with Crippen molar-refractivity contribution in [1.82, 2.24) is 10.6 Å². The highest BCUT2D eigenvalue weighted by molar-refractivity contribution is 9.10. The fourth-order valence-electron chi connectivity index (χ4n) is 3.69. The zero-order valence-corrected chi connectivity index (χ0v) is 16.9. The van der Waals surface area contributed by atoms with E-state index in [2.05, 4.69) is 40.4 Å². The van der Waals surface area contributed by atoms with E-state index in [4.69, 9.17) is 4.74 Å². The second kappa shape index (κ2) is 7.82. The molecule has 0 unspecified atom stereocenters. The molecule has 0 aromatic heterocycles. The first-order valence-corrected chi connectivity index (χ1v) is 9.89. The van der Waals surface area contributed by atoms with Crippen molar-refractivity contribution >= 4 is 27.9 Å². The molecule has 0 bridgehead atoms. The third-order valence-corrected chi connectivity index (χ3v) is 6.04. The molecule has 0 radical (unpaired) electrons. The maximum absolute atomic E-state index is 12.9. The average Bonchev–Trinajstić information content (AvgIpc) is 2.58. The van der Waals surface area contributed by atoms with E-state index in [1.165, 1.54) is 0 Å². The number of esters is 1. The van der Waals surface area contributed by atoms with Crippen molar-refractivity contribution in [2.75, 3.05) is 0 Å². The second-order valence-corrected chi connectivity index (χ2v) is 8.33. The van der Waals surface area contributed by atoms with Gasteiger partial charge in [0.15, 0.2) is 0 Å². The number of nitrogens with one attached hydrogen (secondary N) is 2. The van der Waals surface area contributed by atoms with Gasteiger partial charge < -0.3 is 15.4 Å². The number of urea groups is 1. The SMILES string of the molecule is CC1=C(C(=O)O[C@@H]2CC[C@H](C)[C@H](C)C2)[C@@H](c2ccc(Br)cc2)NC(=O)N1. The van der Waals surface area contributed by atoms with E-state index < -0.39 is 6.04 Å². The fourth-order valence-corrected chi connectivity index (χ4v) is 3.95. The molecule has 2 aliphatic rings. The molecule has 2 amide bonds. The number of hydrogen-bond acceptors (Lipinski definition) is 3. The molecule has 1 fully saturated rings. The first-order chi connectivity index (χ1) is 12.3. The standard InChI is InChI=1S/C20H25BrN2O3/c1-11-4-9-16(10-12(11)2)26-19(24)17-13(3)22-20(25)23-18(17)14-5-7-15(21)8-6-14/h5-8,11-12,16,18H,4,9-10H2,1-3H3,(H2,22,23,25)/t11-,12+,16+,18+/m0/s1. The second-order valence-electron chi connectivity index (χ2n) is 7.42. The molecule has 0 saturated heterocycles. The third kappa shape index (κ3) is 4.11. The molecule has 5 nitrogen and oxygen atoms in total. The number of carbonyl (C=O) groups is 2. The molecule has 140 valence electrons. The van der Waals surface area contributed by atoms with Gasteiger partial charge in [0.2, 0.25) is 0 Å². The number of benzene rings is 1. The molecule has 1 aliphatic heterocycles. The molecule has 6 heteroatoms. The van der Waals surface area contributed by atoms with Crippen LogP contribution in [-0.2, 0) is 9.53 Å². The van der Waals surface area contributed by atoms with E-state index in [-0.39, 0.29) is 18.1 Å². The maximum Gasteiger partial charge on any atom is 0.338 e. The molecular weight excluding hydrogens is 396 g/mol. The van der Waals surface area contributed by atoms with Crippen LogP contribution in [0.2, 0.25) is 0 Å². The van der Waals surface area contributed by atoms with Gasteiger partial charge in [-0.1, -0.05) is 41.9 Å². The van der Waals surface area contributed by atoms with Crippen LogP contribution in [0.5, 0.6) is 0 Å². The van der Waals surface area contributed by atoms with Gasteiger partial charge in [-0.05, 0) is 55.7 Å². The van der Waals surface area contributed by atoms with Crippen LogP contribution in [0.25, 0.3) is 0 Å². The quantitative estimate of drug-likeness (QED) is 0.709. The summed E-state index contributed by atoms with van der Waals surface area (Å²) in [4.78, 5) is 24.9. The predicted molar refractivity (Wildman–Crippen MR) is 103 cm³/mol. The number of rotatable bonds is 3. The molecule has 2 N–H and O–H groups in total. The molecule has 1 aromatic carbocycles. The van der Waals surface area contributed by atoms with E-state index in [9.17, 15) is 9.59 Å². The number of hydrogen-bond donors (Lipinski definition) is 2. The Morgan fingerprint density at radius 3 is 2.50 bits per heavy atom. The molecular formula is C20H25BrN2O3. The first kappa shape index (κ1) is 19.0. The van der Waals surface area contributed by atoms with Crippen LogP contribution >= 0.6 is 15.9 Å². The Balaban J connectivity index is 1.82. The highest BCUT2D eigenvalue weighted by Gasteiger charge is 2.34. The summed E-state index contributed by atoms with van der Waals surface area (Å²) in [5.74, 6) is 0.856. The van der Waals surface area contributed by atoms with Crippen molar-refractivity contribution < 1.29 is 14.3 Å². The van der Waals surface area contributed by atoms with Crippen LogP contribution in [-0.4, -0.2) is 18.1 Å². The van der Waals surface area contributed by atoms with Crippen molar-refractivity contribution in [1.29, 1.82) is 0 Å². The van der Waals surface area contributed by atoms with E-state index in [1.54, 1.807) is 6.92 Å². The maximum atomic E-state index is 12.9. The third-order valence-electron chi connectivity index (χ3n) is 5.52. The molecule has 3 rings (SSSR count). The summed E-state index contributed by atoms with van der Waals surface area (Å²) in [6, 6.07) is 6.76. The van der Waals surface area contributed by atoms with Crippen molar-refractivity contribution in [2.45, 2.75) is 52.2 Å². The Hall–Kier alpha value is -1.82. The molecule has 1 aliphatic carbocycles. The summed E-state index contributed by atoms with van der Waals surface area (Å²) < 4.78 is 6.77. The van der Waals surface area contributed by atoms with Crippen LogP contribution in [0.3, 0.4) is 0 Å². The van der Waals surface area contributed by atoms with Crippen LogP contribution < -0.4 is 10.6 Å². The Labute approximate surface area is 162 Å². The lowest BCUT2D eigenvalue weighted by atomic mass is 9.80. The normalized spacial score (nSPS) is 29.0. The van der Waals surface area contributed by atoms with Crippen molar-refractivity contribution in [3.63, 3.8) is 0 Å². The van der Waals surface area contributed by atoms with Gasteiger partial charge in [0.05, 0.1) is 11.6 Å². The van der Waals surface area contributed by atoms with Gasteiger partial charge in [-0.2, -0.15) is 0 Å². The Morgan fingerprint density at radius 2 is 1.85 bits per heavy atom. The van der Waals surface area contributed by atoms with Gasteiger partial charge in [-0.3, -0.25) is 0 Å². The van der Waals surface area contributed by atoms with E-state index in [0.717, 1.165) is 29.3 Å². The number of allylic oxidation sites excluding steroid dienone is 1. The predicted octanol–water partition coefficient (Wildman–Crippen LogP) is 4.44. The molecule has 0 spiro atoms. The van der Waals surface area contributed by atoms with Crippen molar-refractivity contribution in [2.24, 2.45) is 11.8 Å². The lowest BCUT2D eigenvalue weighted by Gasteiger charge is -2.33. The van der Waals surface area contributed by atoms with Gasteiger partial charge in [-0.25, -0.2) is 9.59 Å². The van der Waals surface area contributed by atoms with Crippen LogP contribution in [0, 0.1) is 11.8 Å². The molecule has 1 saturated carbocycles. The zero-order chi connectivity index (χ0) is 18.8. The Morgan fingerprint density at radius 1 is 1.15 bits per heavy atom. The lowest BCUT2D eigenvalue weighted by Crippen LogP contribution is -2.45. The van der Waals surface area contributed by atoms with E-state index in [1.807, 2.05) is 24.3 Å². The minimum absolute atomic E-state index is 0.0582. The Bertz CT molecular complexity index is 729. The van der Waals surface area contributed by atoms with Gasteiger partial charge in [0, 0.05) is 10.2 Å². The summed E-state index contributed by atoms with van der Waals surface area (Å²) in [6.45, 7) is 6.20. The molecule has 1 heterocycles. The van der Waals surface area contributed by atoms with Gasteiger partial charge in [0.1, 0.15) is 6.10 Å². The topological polar surface area (TPSA) is 67.4 Å². The number of amides is 2. The number of ether oxygens (including phenoxy) is 1. The fraction of sp³-hybridized carbons (Fsp3) is 0.500. The summed E-state index contributed by atoms with van der Waals surface area (Å²) in [6.07, 6.45) is 2.80. The first-order valence-electron chi connectivity index (χ1n) is 9.10. The highest BCUT2D eigenvalue weighted by atomic mass is 79.9. The average molecular weight is 421 g/mol. The minimum Gasteiger partial charge on any atom is -0.459 e. The monoisotopic (exact) mass is 420 g/mol. The van der Waals surface area contributed by atoms with Gasteiger partial charge in [-0.15, -0.1) is 0 Å². The van der Waals surface area contributed by atoms with Crippen LogP contribution in [0.15, 0.2) is 40.0 Å². The van der Waals surface area contributed by atoms with E-state index >= 15 is 0 Å².